The molecule has 0 spiro atoms. The second kappa shape index (κ2) is 7.76. The van der Waals surface area contributed by atoms with E-state index in [9.17, 15) is 4.79 Å². The van der Waals surface area contributed by atoms with Gasteiger partial charge in [0, 0.05) is 6.20 Å². The molecule has 150 valence electrons. The summed E-state index contributed by atoms with van der Waals surface area (Å²) in [6, 6.07) is 17.4. The molecule has 0 bridgehead atoms. The van der Waals surface area contributed by atoms with Gasteiger partial charge in [-0.1, -0.05) is 35.6 Å². The summed E-state index contributed by atoms with van der Waals surface area (Å²) in [6.45, 7) is 2.61. The Morgan fingerprint density at radius 1 is 1.10 bits per heavy atom. The van der Waals surface area contributed by atoms with Crippen molar-refractivity contribution in [1.82, 2.24) is 9.97 Å². The van der Waals surface area contributed by atoms with E-state index >= 15 is 0 Å². The number of pyridine rings is 1. The van der Waals surface area contributed by atoms with E-state index in [1.54, 1.807) is 11.1 Å². The molecule has 1 aliphatic rings. The summed E-state index contributed by atoms with van der Waals surface area (Å²) in [5.74, 6) is 1.33. The second-order valence-electron chi connectivity index (χ2n) is 7.08. The highest BCUT2D eigenvalue weighted by Gasteiger charge is 2.22. The Kier molecular flexibility index (Phi) is 4.80. The largest absolute Gasteiger partial charge is 0.454 e. The quantitative estimate of drug-likeness (QED) is 0.478. The molecule has 2 aromatic heterocycles. The topological polar surface area (TPSA) is 64.6 Å². The number of benzene rings is 2. The fourth-order valence-electron chi connectivity index (χ4n) is 3.43. The number of aryl methyl sites for hydroxylation is 1. The normalized spacial score (nSPS) is 12.3. The fourth-order valence-corrected chi connectivity index (χ4v) is 4.49. The number of carbonyl (C=O) groups excluding carboxylic acids is 1. The number of para-hydroxylation sites is 1. The van der Waals surface area contributed by atoms with E-state index in [1.165, 1.54) is 11.3 Å². The van der Waals surface area contributed by atoms with Gasteiger partial charge in [0.15, 0.2) is 16.6 Å². The number of fused-ring (bicyclic) bond motifs is 2. The summed E-state index contributed by atoms with van der Waals surface area (Å²) in [6.07, 6.45) is 1.97. The van der Waals surface area contributed by atoms with Crippen molar-refractivity contribution < 1.29 is 14.3 Å². The number of carbonyl (C=O) groups is 1. The van der Waals surface area contributed by atoms with Gasteiger partial charge in [0.25, 0.3) is 0 Å². The van der Waals surface area contributed by atoms with Gasteiger partial charge in [-0.2, -0.15) is 0 Å². The predicted octanol–water partition coefficient (Wildman–Crippen LogP) is 4.50. The molecular formula is C23H19N3O3S. The van der Waals surface area contributed by atoms with Crippen LogP contribution >= 0.6 is 11.3 Å². The van der Waals surface area contributed by atoms with Crippen LogP contribution in [0.5, 0.6) is 11.5 Å². The number of thiazole rings is 1. The molecule has 6 nitrogen and oxygen atoms in total. The molecule has 0 radical (unpaired) electrons. The summed E-state index contributed by atoms with van der Waals surface area (Å²) in [7, 11) is 0. The van der Waals surface area contributed by atoms with Crippen LogP contribution in [0.2, 0.25) is 0 Å². The maximum Gasteiger partial charge on any atom is 0.233 e. The van der Waals surface area contributed by atoms with Gasteiger partial charge in [0.2, 0.25) is 12.7 Å². The number of hydrogen-bond acceptors (Lipinski definition) is 6. The molecule has 0 unspecified atom stereocenters. The van der Waals surface area contributed by atoms with Crippen LogP contribution in [0.4, 0.5) is 5.13 Å². The average Bonchev–Trinajstić information content (AvgIpc) is 3.40. The monoisotopic (exact) mass is 417 g/mol. The first-order valence-corrected chi connectivity index (χ1v) is 10.4. The molecule has 0 fully saturated rings. The van der Waals surface area contributed by atoms with Gasteiger partial charge in [-0.05, 0) is 48.4 Å². The first-order chi connectivity index (χ1) is 14.7. The van der Waals surface area contributed by atoms with E-state index < -0.39 is 0 Å². The van der Waals surface area contributed by atoms with Crippen LogP contribution in [0.15, 0.2) is 60.8 Å². The van der Waals surface area contributed by atoms with E-state index in [2.05, 4.69) is 4.98 Å². The number of anilines is 1. The third-order valence-corrected chi connectivity index (χ3v) is 6.02. The lowest BCUT2D eigenvalue weighted by molar-refractivity contribution is -0.118. The zero-order chi connectivity index (χ0) is 20.5. The van der Waals surface area contributed by atoms with Gasteiger partial charge >= 0.3 is 0 Å². The lowest BCUT2D eigenvalue weighted by atomic mass is 10.1. The molecule has 7 heteroatoms. The first kappa shape index (κ1) is 18.6. The molecule has 0 aliphatic carbocycles. The van der Waals surface area contributed by atoms with Crippen molar-refractivity contribution in [2.45, 2.75) is 19.9 Å². The van der Waals surface area contributed by atoms with Gasteiger partial charge in [0.05, 0.1) is 28.9 Å². The van der Waals surface area contributed by atoms with Crippen LogP contribution in [-0.2, 0) is 17.8 Å². The SMILES string of the molecule is Cc1cccc2sc(N(Cc3ccccn3)C(=O)Cc3ccc4c(c3)OCO4)nc12. The molecule has 4 aromatic rings. The number of ether oxygens (including phenoxy) is 2. The van der Waals surface area contributed by atoms with Crippen LogP contribution in [-0.4, -0.2) is 22.7 Å². The Hall–Kier alpha value is -3.45. The second-order valence-corrected chi connectivity index (χ2v) is 8.09. The van der Waals surface area contributed by atoms with E-state index in [0.717, 1.165) is 27.0 Å². The molecule has 0 saturated carbocycles. The van der Waals surface area contributed by atoms with E-state index in [0.29, 0.717) is 23.2 Å². The summed E-state index contributed by atoms with van der Waals surface area (Å²) < 4.78 is 11.9. The summed E-state index contributed by atoms with van der Waals surface area (Å²) in [4.78, 5) is 24.3. The number of hydrogen-bond donors (Lipinski definition) is 0. The Labute approximate surface area is 177 Å². The number of amides is 1. The van der Waals surface area contributed by atoms with Gasteiger partial charge in [-0.25, -0.2) is 4.98 Å². The number of nitrogens with zero attached hydrogens (tertiary/aromatic N) is 3. The summed E-state index contributed by atoms with van der Waals surface area (Å²) in [5.41, 5.74) is 3.70. The lowest BCUT2D eigenvalue weighted by Gasteiger charge is -2.19. The Morgan fingerprint density at radius 2 is 2.00 bits per heavy atom. The van der Waals surface area contributed by atoms with Crippen LogP contribution in [0.3, 0.4) is 0 Å². The molecule has 1 amide bonds. The molecule has 5 rings (SSSR count). The van der Waals surface area contributed by atoms with Crippen molar-refractivity contribution in [3.05, 3.63) is 77.6 Å². The first-order valence-electron chi connectivity index (χ1n) is 9.62. The van der Waals surface area contributed by atoms with E-state index in [4.69, 9.17) is 14.5 Å². The maximum atomic E-state index is 13.4. The minimum absolute atomic E-state index is 0.0452. The van der Waals surface area contributed by atoms with E-state index in [-0.39, 0.29) is 19.1 Å². The third-order valence-electron chi connectivity index (χ3n) is 4.98. The highest BCUT2D eigenvalue weighted by Crippen LogP contribution is 2.34. The van der Waals surface area contributed by atoms with Gasteiger partial charge < -0.3 is 9.47 Å². The van der Waals surface area contributed by atoms with E-state index in [1.807, 2.05) is 61.5 Å². The molecular weight excluding hydrogens is 398 g/mol. The zero-order valence-corrected chi connectivity index (χ0v) is 17.2. The van der Waals surface area contributed by atoms with Crippen molar-refractivity contribution in [2.75, 3.05) is 11.7 Å². The minimum atomic E-state index is -0.0452. The molecule has 30 heavy (non-hydrogen) atoms. The molecule has 0 saturated heterocycles. The lowest BCUT2D eigenvalue weighted by Crippen LogP contribution is -2.32. The van der Waals surface area contributed by atoms with Crippen molar-refractivity contribution in [2.24, 2.45) is 0 Å². The minimum Gasteiger partial charge on any atom is -0.454 e. The summed E-state index contributed by atoms with van der Waals surface area (Å²) in [5, 5.41) is 0.677. The standard InChI is InChI=1S/C23H19N3O3S/c1-15-5-4-7-20-22(15)25-23(30-20)26(13-17-6-2-3-10-24-17)21(27)12-16-8-9-18-19(11-16)29-14-28-18/h2-11H,12-14H2,1H3. The van der Waals surface area contributed by atoms with Crippen molar-refractivity contribution >= 4 is 32.6 Å². The fraction of sp³-hybridized carbons (Fsp3) is 0.174. The van der Waals surface area contributed by atoms with Crippen LogP contribution in [0.25, 0.3) is 10.2 Å². The van der Waals surface area contributed by atoms with Crippen LogP contribution in [0, 0.1) is 6.92 Å². The summed E-state index contributed by atoms with van der Waals surface area (Å²) >= 11 is 1.52. The van der Waals surface area contributed by atoms with Crippen molar-refractivity contribution in [3.63, 3.8) is 0 Å². The van der Waals surface area contributed by atoms with Crippen LogP contribution in [0.1, 0.15) is 16.8 Å². The smallest absolute Gasteiger partial charge is 0.233 e. The predicted molar refractivity (Wildman–Crippen MR) is 116 cm³/mol. The zero-order valence-electron chi connectivity index (χ0n) is 16.4. The third kappa shape index (κ3) is 3.59. The highest BCUT2D eigenvalue weighted by molar-refractivity contribution is 7.22. The Morgan fingerprint density at radius 3 is 2.83 bits per heavy atom. The van der Waals surface area contributed by atoms with Gasteiger partial charge in [-0.15, -0.1) is 0 Å². The molecule has 0 atom stereocenters. The maximum absolute atomic E-state index is 13.4. The molecule has 1 aliphatic heterocycles. The molecule has 0 N–H and O–H groups in total. The highest BCUT2D eigenvalue weighted by atomic mass is 32.1. The molecule has 2 aromatic carbocycles. The van der Waals surface area contributed by atoms with Gasteiger partial charge in [-0.3, -0.25) is 14.7 Å². The number of rotatable bonds is 5. The number of aromatic nitrogens is 2. The Balaban J connectivity index is 1.48. The van der Waals surface area contributed by atoms with Gasteiger partial charge in [0.1, 0.15) is 0 Å². The van der Waals surface area contributed by atoms with Crippen molar-refractivity contribution in [3.8, 4) is 11.5 Å². The van der Waals surface area contributed by atoms with Crippen molar-refractivity contribution in [1.29, 1.82) is 0 Å². The average molecular weight is 417 g/mol. The Bertz CT molecular complexity index is 1220. The molecule has 3 heterocycles. The van der Waals surface area contributed by atoms with Crippen LogP contribution < -0.4 is 14.4 Å².